The Bertz CT molecular complexity index is 676. The summed E-state index contributed by atoms with van der Waals surface area (Å²) in [6.07, 6.45) is 1.64. The van der Waals surface area contributed by atoms with E-state index < -0.39 is 5.97 Å². The second-order valence-electron chi connectivity index (χ2n) is 5.11. The molecule has 0 aliphatic carbocycles. The molecule has 1 aromatic carbocycles. The molecule has 0 saturated heterocycles. The number of methoxy groups -OCH3 is 1. The Labute approximate surface area is 122 Å². The standard InChI is InChI=1S/C15H19N3O3/c1-9(2)18(8-14(19)21-3)15(20)12-7-17-13-6-10(16)4-5-11(12)13/h4-7,9,17H,8,16H2,1-3H3. The maximum Gasteiger partial charge on any atom is 0.325 e. The van der Waals surface area contributed by atoms with E-state index in [4.69, 9.17) is 5.73 Å². The minimum Gasteiger partial charge on any atom is -0.468 e. The van der Waals surface area contributed by atoms with E-state index in [0.29, 0.717) is 11.3 Å². The van der Waals surface area contributed by atoms with Crippen LogP contribution in [0.25, 0.3) is 10.9 Å². The molecule has 0 unspecified atom stereocenters. The van der Waals surface area contributed by atoms with Gasteiger partial charge in [-0.15, -0.1) is 0 Å². The third-order valence-corrected chi connectivity index (χ3v) is 3.35. The number of rotatable bonds is 4. The molecule has 1 amide bonds. The number of nitrogens with zero attached hydrogens (tertiary/aromatic N) is 1. The predicted molar refractivity (Wildman–Crippen MR) is 80.9 cm³/mol. The Morgan fingerprint density at radius 1 is 1.38 bits per heavy atom. The summed E-state index contributed by atoms with van der Waals surface area (Å²) in [6, 6.07) is 5.19. The molecule has 6 nitrogen and oxygen atoms in total. The lowest BCUT2D eigenvalue weighted by atomic mass is 10.1. The fraction of sp³-hybridized carbons (Fsp3) is 0.333. The second-order valence-corrected chi connectivity index (χ2v) is 5.11. The fourth-order valence-corrected chi connectivity index (χ4v) is 2.17. The SMILES string of the molecule is COC(=O)CN(C(=O)c1c[nH]c2cc(N)ccc12)C(C)C. The molecule has 0 radical (unpaired) electrons. The molecule has 112 valence electrons. The number of ether oxygens (including phenoxy) is 1. The molecule has 1 aromatic heterocycles. The number of nitrogen functional groups attached to an aromatic ring is 1. The Morgan fingerprint density at radius 3 is 2.71 bits per heavy atom. The van der Waals surface area contributed by atoms with Gasteiger partial charge >= 0.3 is 5.97 Å². The summed E-state index contributed by atoms with van der Waals surface area (Å²) in [4.78, 5) is 28.6. The molecule has 1 heterocycles. The van der Waals surface area contributed by atoms with Gasteiger partial charge in [-0.3, -0.25) is 9.59 Å². The third kappa shape index (κ3) is 2.99. The van der Waals surface area contributed by atoms with Gasteiger partial charge in [-0.25, -0.2) is 0 Å². The quantitative estimate of drug-likeness (QED) is 0.663. The summed E-state index contributed by atoms with van der Waals surface area (Å²) in [5.74, 6) is -0.660. The van der Waals surface area contributed by atoms with Gasteiger partial charge in [-0.05, 0) is 32.0 Å². The van der Waals surface area contributed by atoms with Crippen LogP contribution in [0.1, 0.15) is 24.2 Å². The number of carbonyl (C=O) groups excluding carboxylic acids is 2. The lowest BCUT2D eigenvalue weighted by Gasteiger charge is -2.25. The van der Waals surface area contributed by atoms with E-state index in [1.165, 1.54) is 12.0 Å². The van der Waals surface area contributed by atoms with Gasteiger partial charge in [0.15, 0.2) is 0 Å². The first kappa shape index (κ1) is 14.9. The van der Waals surface area contributed by atoms with Crippen molar-refractivity contribution in [3.05, 3.63) is 30.0 Å². The molecule has 21 heavy (non-hydrogen) atoms. The topological polar surface area (TPSA) is 88.4 Å². The minimum atomic E-state index is -0.443. The van der Waals surface area contributed by atoms with Crippen molar-refractivity contribution in [3.63, 3.8) is 0 Å². The summed E-state index contributed by atoms with van der Waals surface area (Å²) < 4.78 is 4.64. The molecule has 3 N–H and O–H groups in total. The van der Waals surface area contributed by atoms with Crippen molar-refractivity contribution in [2.75, 3.05) is 19.4 Å². The third-order valence-electron chi connectivity index (χ3n) is 3.35. The molecule has 0 aliphatic rings. The van der Waals surface area contributed by atoms with Crippen LogP contribution in [0.5, 0.6) is 0 Å². The van der Waals surface area contributed by atoms with Crippen molar-refractivity contribution >= 4 is 28.5 Å². The number of amides is 1. The van der Waals surface area contributed by atoms with Crippen LogP contribution in [0.2, 0.25) is 0 Å². The van der Waals surface area contributed by atoms with Gasteiger partial charge in [-0.1, -0.05) is 0 Å². The van der Waals surface area contributed by atoms with Crippen molar-refractivity contribution in [1.82, 2.24) is 9.88 Å². The summed E-state index contributed by atoms with van der Waals surface area (Å²) >= 11 is 0. The number of H-pyrrole nitrogens is 1. The first-order valence-corrected chi connectivity index (χ1v) is 6.68. The normalized spacial score (nSPS) is 10.9. The van der Waals surface area contributed by atoms with E-state index in [2.05, 4.69) is 9.72 Å². The molecular formula is C15H19N3O3. The predicted octanol–water partition coefficient (Wildman–Crippen LogP) is 1.77. The number of carbonyl (C=O) groups is 2. The molecule has 0 atom stereocenters. The van der Waals surface area contributed by atoms with Crippen LogP contribution >= 0.6 is 0 Å². The summed E-state index contributed by atoms with van der Waals surface area (Å²) in [5.41, 5.74) is 7.66. The Kier molecular flexibility index (Phi) is 4.16. The number of aromatic amines is 1. The van der Waals surface area contributed by atoms with Gasteiger partial charge in [0.25, 0.3) is 5.91 Å². The monoisotopic (exact) mass is 289 g/mol. The average molecular weight is 289 g/mol. The van der Waals surface area contributed by atoms with E-state index >= 15 is 0 Å². The van der Waals surface area contributed by atoms with Gasteiger partial charge in [0.2, 0.25) is 0 Å². The van der Waals surface area contributed by atoms with Crippen LogP contribution in [0, 0.1) is 0 Å². The second kappa shape index (κ2) is 5.87. The van der Waals surface area contributed by atoms with Gasteiger partial charge in [-0.2, -0.15) is 0 Å². The zero-order valence-electron chi connectivity index (χ0n) is 12.3. The summed E-state index contributed by atoms with van der Waals surface area (Å²) in [7, 11) is 1.31. The van der Waals surface area contributed by atoms with E-state index in [1.54, 1.807) is 24.4 Å². The van der Waals surface area contributed by atoms with Crippen molar-refractivity contribution in [3.8, 4) is 0 Å². The van der Waals surface area contributed by atoms with E-state index in [1.807, 2.05) is 13.8 Å². The summed E-state index contributed by atoms with van der Waals surface area (Å²) in [5, 5.41) is 0.782. The lowest BCUT2D eigenvalue weighted by Crippen LogP contribution is -2.41. The minimum absolute atomic E-state index is 0.0748. The molecule has 2 rings (SSSR count). The van der Waals surface area contributed by atoms with E-state index in [0.717, 1.165) is 10.9 Å². The number of nitrogens with two attached hydrogens (primary N) is 1. The van der Waals surface area contributed by atoms with Gasteiger partial charge in [0, 0.05) is 28.8 Å². The van der Waals surface area contributed by atoms with Crippen molar-refractivity contribution in [2.45, 2.75) is 19.9 Å². The molecule has 0 aliphatic heterocycles. The number of fused-ring (bicyclic) bond motifs is 1. The van der Waals surface area contributed by atoms with Crippen LogP contribution < -0.4 is 5.73 Å². The van der Waals surface area contributed by atoms with Crippen LogP contribution in [0.4, 0.5) is 5.69 Å². The van der Waals surface area contributed by atoms with Crippen molar-refractivity contribution in [1.29, 1.82) is 0 Å². The smallest absolute Gasteiger partial charge is 0.325 e. The van der Waals surface area contributed by atoms with Crippen LogP contribution in [0.3, 0.4) is 0 Å². The molecule has 0 saturated carbocycles. The number of esters is 1. The number of aromatic nitrogens is 1. The Morgan fingerprint density at radius 2 is 2.10 bits per heavy atom. The van der Waals surface area contributed by atoms with Gasteiger partial charge in [0.1, 0.15) is 6.54 Å². The highest BCUT2D eigenvalue weighted by atomic mass is 16.5. The zero-order valence-corrected chi connectivity index (χ0v) is 12.3. The Balaban J connectivity index is 2.37. The van der Waals surface area contributed by atoms with Crippen LogP contribution in [-0.2, 0) is 9.53 Å². The number of anilines is 1. The van der Waals surface area contributed by atoms with E-state index in [-0.39, 0.29) is 18.5 Å². The number of benzene rings is 1. The highest BCUT2D eigenvalue weighted by Crippen LogP contribution is 2.22. The number of hydrogen-bond donors (Lipinski definition) is 2. The highest BCUT2D eigenvalue weighted by molar-refractivity contribution is 6.07. The Hall–Kier alpha value is -2.50. The number of nitrogens with one attached hydrogen (secondary N) is 1. The lowest BCUT2D eigenvalue weighted by molar-refractivity contribution is -0.141. The largest absolute Gasteiger partial charge is 0.468 e. The van der Waals surface area contributed by atoms with Crippen molar-refractivity contribution in [2.24, 2.45) is 0 Å². The maximum absolute atomic E-state index is 12.7. The number of hydrogen-bond acceptors (Lipinski definition) is 4. The first-order chi connectivity index (χ1) is 9.93. The molecular weight excluding hydrogens is 270 g/mol. The average Bonchev–Trinajstić information content (AvgIpc) is 2.86. The molecule has 6 heteroatoms. The maximum atomic E-state index is 12.7. The van der Waals surface area contributed by atoms with Crippen LogP contribution in [-0.4, -0.2) is 41.5 Å². The van der Waals surface area contributed by atoms with Gasteiger partial charge < -0.3 is 20.4 Å². The summed E-state index contributed by atoms with van der Waals surface area (Å²) in [6.45, 7) is 3.63. The molecule has 2 aromatic rings. The molecule has 0 spiro atoms. The van der Waals surface area contributed by atoms with Crippen molar-refractivity contribution < 1.29 is 14.3 Å². The molecule has 0 bridgehead atoms. The highest BCUT2D eigenvalue weighted by Gasteiger charge is 2.24. The van der Waals surface area contributed by atoms with E-state index in [9.17, 15) is 9.59 Å². The first-order valence-electron chi connectivity index (χ1n) is 6.68. The zero-order chi connectivity index (χ0) is 15.6. The van der Waals surface area contributed by atoms with Gasteiger partial charge in [0.05, 0.1) is 12.7 Å². The fourth-order valence-electron chi connectivity index (χ4n) is 2.17. The van der Waals surface area contributed by atoms with Crippen LogP contribution in [0.15, 0.2) is 24.4 Å². The molecule has 0 fully saturated rings.